The van der Waals surface area contributed by atoms with Crippen molar-refractivity contribution in [2.45, 2.75) is 90.4 Å². The van der Waals surface area contributed by atoms with Crippen molar-refractivity contribution >= 4 is 0 Å². The van der Waals surface area contributed by atoms with E-state index in [4.69, 9.17) is 0 Å². The van der Waals surface area contributed by atoms with Gasteiger partial charge in [-0.1, -0.05) is 58.3 Å². The van der Waals surface area contributed by atoms with Crippen molar-refractivity contribution in [3.05, 3.63) is 0 Å². The van der Waals surface area contributed by atoms with Gasteiger partial charge in [0.2, 0.25) is 0 Å². The molecule has 3 rings (SSSR count). The number of fused-ring (bicyclic) bond motifs is 1. The topological polar surface area (TPSA) is 0 Å². The lowest BCUT2D eigenvalue weighted by Gasteiger charge is -2.49. The normalized spacial score (nSPS) is 40.2. The molecule has 104 valence electrons. The van der Waals surface area contributed by atoms with E-state index in [1.54, 1.807) is 44.9 Å². The molecule has 3 saturated carbocycles. The summed E-state index contributed by atoms with van der Waals surface area (Å²) in [5.41, 5.74) is 0.778. The first-order chi connectivity index (χ1) is 8.84. The number of hydrogen-bond acceptors (Lipinski definition) is 0. The summed E-state index contributed by atoms with van der Waals surface area (Å²) in [5, 5.41) is 0. The van der Waals surface area contributed by atoms with Gasteiger partial charge in [-0.15, -0.1) is 0 Å². The molecule has 0 bridgehead atoms. The zero-order valence-corrected chi connectivity index (χ0v) is 12.4. The Kier molecular flexibility index (Phi) is 4.01. The molecule has 3 fully saturated rings. The van der Waals surface area contributed by atoms with Gasteiger partial charge in [-0.05, 0) is 55.3 Å². The van der Waals surface area contributed by atoms with Crippen molar-refractivity contribution in [3.63, 3.8) is 0 Å². The van der Waals surface area contributed by atoms with Gasteiger partial charge < -0.3 is 0 Å². The largest absolute Gasteiger partial charge is 0.0648 e. The van der Waals surface area contributed by atoms with Crippen molar-refractivity contribution in [2.75, 3.05) is 0 Å². The van der Waals surface area contributed by atoms with E-state index in [1.807, 2.05) is 0 Å². The molecule has 0 aromatic carbocycles. The van der Waals surface area contributed by atoms with Crippen LogP contribution in [0.15, 0.2) is 0 Å². The Bertz CT molecular complexity index is 261. The van der Waals surface area contributed by atoms with Crippen LogP contribution in [-0.4, -0.2) is 0 Å². The van der Waals surface area contributed by atoms with Crippen LogP contribution < -0.4 is 0 Å². The summed E-state index contributed by atoms with van der Waals surface area (Å²) in [4.78, 5) is 0. The molecular formula is C18H32. The fourth-order valence-corrected chi connectivity index (χ4v) is 5.74. The summed E-state index contributed by atoms with van der Waals surface area (Å²) >= 11 is 0. The highest BCUT2D eigenvalue weighted by Gasteiger charge is 2.42. The van der Waals surface area contributed by atoms with Crippen molar-refractivity contribution in [1.82, 2.24) is 0 Å². The van der Waals surface area contributed by atoms with Crippen LogP contribution in [0.4, 0.5) is 0 Å². The van der Waals surface area contributed by atoms with Crippen LogP contribution in [0.2, 0.25) is 0 Å². The molecule has 0 amide bonds. The van der Waals surface area contributed by atoms with Gasteiger partial charge in [0.25, 0.3) is 0 Å². The predicted octanol–water partition coefficient (Wildman–Crippen LogP) is 5.95. The molecule has 0 heterocycles. The third-order valence-electron chi connectivity index (χ3n) is 6.96. The Balaban J connectivity index is 1.68. The second-order valence-corrected chi connectivity index (χ2v) is 7.59. The fourth-order valence-electron chi connectivity index (χ4n) is 5.74. The Morgan fingerprint density at radius 2 is 1.50 bits per heavy atom. The van der Waals surface area contributed by atoms with Crippen LogP contribution in [-0.2, 0) is 0 Å². The lowest BCUT2D eigenvalue weighted by molar-refractivity contribution is 0.0140. The minimum atomic E-state index is 0.778. The molecule has 0 nitrogen and oxygen atoms in total. The maximum Gasteiger partial charge on any atom is -0.0272 e. The molecule has 0 saturated heterocycles. The molecule has 0 aromatic rings. The first-order valence-electron chi connectivity index (χ1n) is 8.84. The van der Waals surface area contributed by atoms with Gasteiger partial charge in [-0.3, -0.25) is 0 Å². The highest BCUT2D eigenvalue weighted by molar-refractivity contribution is 4.93. The highest BCUT2D eigenvalue weighted by Crippen LogP contribution is 2.54. The van der Waals surface area contributed by atoms with Gasteiger partial charge in [0.1, 0.15) is 0 Å². The lowest BCUT2D eigenvalue weighted by atomic mass is 9.56. The predicted molar refractivity (Wildman–Crippen MR) is 78.6 cm³/mol. The maximum absolute atomic E-state index is 2.48. The van der Waals surface area contributed by atoms with Crippen LogP contribution >= 0.6 is 0 Å². The van der Waals surface area contributed by atoms with Crippen LogP contribution in [0.5, 0.6) is 0 Å². The molecule has 18 heavy (non-hydrogen) atoms. The summed E-state index contributed by atoms with van der Waals surface area (Å²) in [7, 11) is 0. The van der Waals surface area contributed by atoms with E-state index in [1.165, 1.54) is 38.5 Å². The Hall–Kier alpha value is 0. The number of hydrogen-bond donors (Lipinski definition) is 0. The summed E-state index contributed by atoms with van der Waals surface area (Å²) in [6.07, 6.45) is 20.1. The van der Waals surface area contributed by atoms with Crippen molar-refractivity contribution in [3.8, 4) is 0 Å². The first-order valence-corrected chi connectivity index (χ1v) is 8.84. The molecule has 3 aliphatic rings. The van der Waals surface area contributed by atoms with Crippen LogP contribution in [0.1, 0.15) is 90.4 Å². The molecule has 0 aliphatic heterocycles. The molecule has 3 atom stereocenters. The van der Waals surface area contributed by atoms with Gasteiger partial charge >= 0.3 is 0 Å². The minimum Gasteiger partial charge on any atom is -0.0648 e. The molecule has 0 heteroatoms. The van der Waals surface area contributed by atoms with Gasteiger partial charge in [0.15, 0.2) is 0 Å². The Morgan fingerprint density at radius 3 is 2.22 bits per heavy atom. The quantitative estimate of drug-likeness (QED) is 0.566. The standard InChI is InChI=1S/C18H32/c1-2-18(12-6-3-7-13-18)17-11-10-15-8-4-5-9-16(15)14-17/h15-17H,2-14H2,1H3. The maximum atomic E-state index is 2.48. The average molecular weight is 248 g/mol. The molecule has 0 spiro atoms. The highest BCUT2D eigenvalue weighted by atomic mass is 14.5. The number of rotatable bonds is 2. The summed E-state index contributed by atoms with van der Waals surface area (Å²) in [6, 6.07) is 0. The summed E-state index contributed by atoms with van der Waals surface area (Å²) < 4.78 is 0. The third kappa shape index (κ3) is 2.37. The Labute approximate surface area is 114 Å². The molecule has 3 unspecified atom stereocenters. The SMILES string of the molecule is CCC1(C2CCC3CCCCC3C2)CCCCC1. The van der Waals surface area contributed by atoms with Gasteiger partial charge in [-0.2, -0.15) is 0 Å². The van der Waals surface area contributed by atoms with E-state index in [0.717, 1.165) is 23.2 Å². The van der Waals surface area contributed by atoms with Gasteiger partial charge in [-0.25, -0.2) is 0 Å². The smallest absolute Gasteiger partial charge is 0.0272 e. The molecule has 0 N–H and O–H groups in total. The van der Waals surface area contributed by atoms with Crippen molar-refractivity contribution in [1.29, 1.82) is 0 Å². The van der Waals surface area contributed by atoms with Gasteiger partial charge in [0, 0.05) is 0 Å². The molecule has 0 radical (unpaired) electrons. The summed E-state index contributed by atoms with van der Waals surface area (Å²) in [6.45, 7) is 2.48. The van der Waals surface area contributed by atoms with Crippen LogP contribution in [0.3, 0.4) is 0 Å². The van der Waals surface area contributed by atoms with Crippen molar-refractivity contribution in [2.24, 2.45) is 23.2 Å². The average Bonchev–Trinajstić information content (AvgIpc) is 2.47. The summed E-state index contributed by atoms with van der Waals surface area (Å²) in [5.74, 6) is 3.36. The second-order valence-electron chi connectivity index (χ2n) is 7.59. The van der Waals surface area contributed by atoms with Crippen LogP contribution in [0.25, 0.3) is 0 Å². The second kappa shape index (κ2) is 5.55. The zero-order valence-electron chi connectivity index (χ0n) is 12.4. The van der Waals surface area contributed by atoms with E-state index < -0.39 is 0 Å². The van der Waals surface area contributed by atoms with Crippen molar-refractivity contribution < 1.29 is 0 Å². The lowest BCUT2D eigenvalue weighted by Crippen LogP contribution is -2.38. The van der Waals surface area contributed by atoms with E-state index in [2.05, 4.69) is 6.92 Å². The van der Waals surface area contributed by atoms with E-state index in [9.17, 15) is 0 Å². The zero-order chi connectivity index (χ0) is 12.4. The Morgan fingerprint density at radius 1 is 0.778 bits per heavy atom. The molecule has 3 aliphatic carbocycles. The fraction of sp³-hybridized carbons (Fsp3) is 1.00. The van der Waals surface area contributed by atoms with E-state index >= 15 is 0 Å². The molecule has 0 aromatic heterocycles. The third-order valence-corrected chi connectivity index (χ3v) is 6.96. The van der Waals surface area contributed by atoms with E-state index in [0.29, 0.717) is 0 Å². The van der Waals surface area contributed by atoms with Gasteiger partial charge in [0.05, 0.1) is 0 Å². The van der Waals surface area contributed by atoms with E-state index in [-0.39, 0.29) is 0 Å². The monoisotopic (exact) mass is 248 g/mol. The minimum absolute atomic E-state index is 0.778. The van der Waals surface area contributed by atoms with Crippen LogP contribution in [0, 0.1) is 23.2 Å². The first kappa shape index (κ1) is 13.0. The molecular weight excluding hydrogens is 216 g/mol.